The molecular formula is C24H29N3O4. The van der Waals surface area contributed by atoms with Crippen LogP contribution in [0.1, 0.15) is 27.9 Å². The Bertz CT molecular complexity index is 964. The molecule has 31 heavy (non-hydrogen) atoms. The molecule has 0 radical (unpaired) electrons. The second-order valence-electron chi connectivity index (χ2n) is 8.38. The van der Waals surface area contributed by atoms with Crippen LogP contribution in [0.25, 0.3) is 0 Å². The summed E-state index contributed by atoms with van der Waals surface area (Å²) in [4.78, 5) is 19.9. The highest BCUT2D eigenvalue weighted by atomic mass is 16.7. The zero-order chi connectivity index (χ0) is 21.2. The van der Waals surface area contributed by atoms with Crippen LogP contribution in [0.5, 0.6) is 11.5 Å². The van der Waals surface area contributed by atoms with Crippen molar-refractivity contribution in [3.63, 3.8) is 0 Å². The van der Waals surface area contributed by atoms with E-state index < -0.39 is 0 Å². The summed E-state index contributed by atoms with van der Waals surface area (Å²) in [5.41, 5.74) is 4.38. The summed E-state index contributed by atoms with van der Waals surface area (Å²) < 4.78 is 10.9. The third-order valence-electron chi connectivity index (χ3n) is 6.41. The van der Waals surface area contributed by atoms with E-state index >= 15 is 0 Å². The molecule has 0 aliphatic carbocycles. The van der Waals surface area contributed by atoms with Gasteiger partial charge in [0.25, 0.3) is 5.91 Å². The number of aliphatic hydroxyl groups is 1. The predicted octanol–water partition coefficient (Wildman–Crippen LogP) is 2.12. The molecule has 0 saturated carbocycles. The maximum absolute atomic E-state index is 13.3. The smallest absolute Gasteiger partial charge is 0.256 e. The molecule has 1 N–H and O–H groups in total. The first kappa shape index (κ1) is 20.2. The summed E-state index contributed by atoms with van der Waals surface area (Å²) in [7, 11) is 0. The Morgan fingerprint density at radius 1 is 1.03 bits per heavy atom. The average molecular weight is 424 g/mol. The number of rotatable bonds is 7. The Labute approximate surface area is 182 Å². The fraction of sp³-hybridized carbons (Fsp3) is 0.458. The fourth-order valence-corrected chi connectivity index (χ4v) is 4.83. The predicted molar refractivity (Wildman–Crippen MR) is 118 cm³/mol. The second kappa shape index (κ2) is 8.77. The van der Waals surface area contributed by atoms with Crippen molar-refractivity contribution in [2.45, 2.75) is 19.4 Å². The quantitative estimate of drug-likeness (QED) is 0.736. The van der Waals surface area contributed by atoms with Gasteiger partial charge in [0, 0.05) is 45.8 Å². The van der Waals surface area contributed by atoms with Crippen molar-refractivity contribution in [3.8, 4) is 11.5 Å². The number of aryl methyl sites for hydroxylation is 1. The van der Waals surface area contributed by atoms with Crippen LogP contribution in [0.15, 0.2) is 36.4 Å². The van der Waals surface area contributed by atoms with Crippen molar-refractivity contribution in [1.29, 1.82) is 0 Å². The van der Waals surface area contributed by atoms with E-state index in [1.54, 1.807) is 0 Å². The molecule has 2 aromatic rings. The maximum atomic E-state index is 13.3. The molecule has 5 rings (SSSR count). The third kappa shape index (κ3) is 4.07. The number of benzene rings is 2. The zero-order valence-corrected chi connectivity index (χ0v) is 17.8. The van der Waals surface area contributed by atoms with Crippen LogP contribution in [0.4, 0.5) is 5.69 Å². The van der Waals surface area contributed by atoms with Crippen molar-refractivity contribution >= 4 is 11.6 Å². The van der Waals surface area contributed by atoms with Crippen molar-refractivity contribution < 1.29 is 19.4 Å². The second-order valence-corrected chi connectivity index (χ2v) is 8.38. The Morgan fingerprint density at radius 2 is 1.94 bits per heavy atom. The summed E-state index contributed by atoms with van der Waals surface area (Å²) in [5.74, 6) is 1.66. The lowest BCUT2D eigenvalue weighted by Gasteiger charge is -2.30. The van der Waals surface area contributed by atoms with Gasteiger partial charge in [-0.05, 0) is 42.2 Å². The molecule has 0 spiro atoms. The Balaban J connectivity index is 1.28. The Kier molecular flexibility index (Phi) is 5.70. The number of hydrogen-bond acceptors (Lipinski definition) is 6. The van der Waals surface area contributed by atoms with E-state index in [0.29, 0.717) is 26.2 Å². The van der Waals surface area contributed by atoms with Crippen LogP contribution in [-0.2, 0) is 13.0 Å². The first-order chi connectivity index (χ1) is 15.2. The van der Waals surface area contributed by atoms with Gasteiger partial charge in [-0.3, -0.25) is 9.69 Å². The Hall–Kier alpha value is -2.77. The molecule has 3 aliphatic rings. The van der Waals surface area contributed by atoms with Gasteiger partial charge in [0.15, 0.2) is 11.5 Å². The van der Waals surface area contributed by atoms with Crippen LogP contribution in [-0.4, -0.2) is 73.5 Å². The van der Waals surface area contributed by atoms with Crippen LogP contribution < -0.4 is 14.4 Å². The summed E-state index contributed by atoms with van der Waals surface area (Å²) >= 11 is 0. The molecule has 1 amide bonds. The van der Waals surface area contributed by atoms with Crippen molar-refractivity contribution in [2.75, 3.05) is 57.6 Å². The molecule has 0 fully saturated rings. The molecule has 0 saturated heterocycles. The van der Waals surface area contributed by atoms with E-state index in [0.717, 1.165) is 60.8 Å². The van der Waals surface area contributed by atoms with E-state index in [1.807, 2.05) is 35.2 Å². The van der Waals surface area contributed by atoms with Crippen molar-refractivity contribution in [2.24, 2.45) is 0 Å². The Morgan fingerprint density at radius 3 is 2.84 bits per heavy atom. The number of hydrogen-bond donors (Lipinski definition) is 1. The lowest BCUT2D eigenvalue weighted by molar-refractivity contribution is 0.0739. The first-order valence-corrected chi connectivity index (χ1v) is 11.1. The molecule has 3 heterocycles. The molecule has 0 atom stereocenters. The number of fused-ring (bicyclic) bond motifs is 1. The number of para-hydroxylation sites is 1. The largest absolute Gasteiger partial charge is 0.454 e. The standard InChI is InChI=1S/C24H29N3O4/c28-14-13-25(16-18-6-7-21-22(15-18)31-17-30-21)9-10-27-12-11-26-8-2-4-19-3-1-5-20(23(19)26)24(27)29/h1,3,5-7,15,28H,2,4,8-14,16-17H2. The number of carbonyl (C=O) groups excluding carboxylic acids is 1. The van der Waals surface area contributed by atoms with Gasteiger partial charge in [0.2, 0.25) is 6.79 Å². The average Bonchev–Trinajstić information content (AvgIpc) is 3.21. The van der Waals surface area contributed by atoms with E-state index in [4.69, 9.17) is 9.47 Å². The third-order valence-corrected chi connectivity index (χ3v) is 6.41. The van der Waals surface area contributed by atoms with E-state index in [-0.39, 0.29) is 19.3 Å². The minimum Gasteiger partial charge on any atom is -0.454 e. The fourth-order valence-electron chi connectivity index (χ4n) is 4.83. The summed E-state index contributed by atoms with van der Waals surface area (Å²) in [5, 5.41) is 9.56. The lowest BCUT2D eigenvalue weighted by atomic mass is 9.97. The number of ether oxygens (including phenoxy) is 2. The van der Waals surface area contributed by atoms with Gasteiger partial charge in [-0.1, -0.05) is 18.2 Å². The highest BCUT2D eigenvalue weighted by Gasteiger charge is 2.30. The molecular weight excluding hydrogens is 394 g/mol. The highest BCUT2D eigenvalue weighted by Crippen LogP contribution is 2.34. The van der Waals surface area contributed by atoms with Crippen LogP contribution in [0, 0.1) is 0 Å². The number of amides is 1. The van der Waals surface area contributed by atoms with Gasteiger partial charge >= 0.3 is 0 Å². The van der Waals surface area contributed by atoms with Crippen molar-refractivity contribution in [1.82, 2.24) is 9.80 Å². The molecule has 0 unspecified atom stereocenters. The summed E-state index contributed by atoms with van der Waals surface area (Å²) in [6.07, 6.45) is 2.19. The molecule has 164 valence electrons. The van der Waals surface area contributed by atoms with Crippen molar-refractivity contribution in [3.05, 3.63) is 53.1 Å². The zero-order valence-electron chi connectivity index (χ0n) is 17.8. The monoisotopic (exact) mass is 423 g/mol. The lowest BCUT2D eigenvalue weighted by Crippen LogP contribution is -2.41. The van der Waals surface area contributed by atoms with Crippen LogP contribution in [0.3, 0.4) is 0 Å². The number of anilines is 1. The topological polar surface area (TPSA) is 65.5 Å². The first-order valence-electron chi connectivity index (χ1n) is 11.1. The minimum absolute atomic E-state index is 0.0818. The molecule has 0 bridgehead atoms. The summed E-state index contributed by atoms with van der Waals surface area (Å²) in [6, 6.07) is 12.1. The van der Waals surface area contributed by atoms with Gasteiger partial charge in [-0.15, -0.1) is 0 Å². The molecule has 7 nitrogen and oxygen atoms in total. The van der Waals surface area contributed by atoms with Crippen LogP contribution in [0.2, 0.25) is 0 Å². The minimum atomic E-state index is 0.0818. The molecule has 0 aromatic heterocycles. The van der Waals surface area contributed by atoms with Gasteiger partial charge < -0.3 is 24.4 Å². The maximum Gasteiger partial charge on any atom is 0.256 e. The number of aliphatic hydroxyl groups excluding tert-OH is 1. The van der Waals surface area contributed by atoms with E-state index in [9.17, 15) is 9.90 Å². The number of carbonyl (C=O) groups is 1. The normalized spacial score (nSPS) is 17.2. The molecule has 3 aliphatic heterocycles. The van der Waals surface area contributed by atoms with Gasteiger partial charge in [0.1, 0.15) is 0 Å². The van der Waals surface area contributed by atoms with Gasteiger partial charge in [-0.25, -0.2) is 0 Å². The number of nitrogens with zero attached hydrogens (tertiary/aromatic N) is 3. The van der Waals surface area contributed by atoms with Gasteiger partial charge in [0.05, 0.1) is 17.9 Å². The van der Waals surface area contributed by atoms with E-state index in [2.05, 4.69) is 15.9 Å². The van der Waals surface area contributed by atoms with Crippen LogP contribution >= 0.6 is 0 Å². The molecule has 7 heteroatoms. The molecule has 2 aromatic carbocycles. The SMILES string of the molecule is O=C1c2cccc3c2N(CCC3)CCN1CCN(CCO)Cc1ccc2c(c1)OCO2. The van der Waals surface area contributed by atoms with Gasteiger partial charge in [-0.2, -0.15) is 0 Å². The van der Waals surface area contributed by atoms with E-state index in [1.165, 1.54) is 5.56 Å². The highest BCUT2D eigenvalue weighted by molar-refractivity contribution is 6.01. The summed E-state index contributed by atoms with van der Waals surface area (Å²) in [6.45, 7) is 5.55.